The second-order valence-electron chi connectivity index (χ2n) is 2.26. The van der Waals surface area contributed by atoms with E-state index in [0.717, 1.165) is 0 Å². The van der Waals surface area contributed by atoms with Crippen LogP contribution in [0.25, 0.3) is 0 Å². The lowest BCUT2D eigenvalue weighted by Crippen LogP contribution is -2.11. The van der Waals surface area contributed by atoms with Gasteiger partial charge in [-0.15, -0.1) is 11.3 Å². The third kappa shape index (κ3) is 2.17. The minimum atomic E-state index is -0.0903. The molecule has 4 heteroatoms. The van der Waals surface area contributed by atoms with E-state index in [0.29, 0.717) is 10.7 Å². The van der Waals surface area contributed by atoms with Crippen LogP contribution in [0.3, 0.4) is 0 Å². The van der Waals surface area contributed by atoms with Crippen molar-refractivity contribution in [2.24, 2.45) is 0 Å². The van der Waals surface area contributed by atoms with Crippen LogP contribution in [-0.4, -0.2) is 10.9 Å². The molecule has 0 aliphatic rings. The van der Waals surface area contributed by atoms with E-state index in [1.165, 1.54) is 11.3 Å². The molecule has 0 aliphatic heterocycles. The number of nitrogens with zero attached hydrogens (tertiary/aromatic N) is 1. The van der Waals surface area contributed by atoms with Gasteiger partial charge in [0, 0.05) is 17.2 Å². The van der Waals surface area contributed by atoms with Gasteiger partial charge in [0.05, 0.1) is 0 Å². The second kappa shape index (κ2) is 4.01. The maximum Gasteiger partial charge on any atom is 0.252 e. The van der Waals surface area contributed by atoms with Gasteiger partial charge in [-0.05, 0) is 13.8 Å². The zero-order valence-corrected chi connectivity index (χ0v) is 7.81. The standard InChI is InChI=1S/C8H10N2OS/c1-3-6(2)7(11)10-8-9-4-5-12-8/h3-5H,1-2H3,(H,9,10,11)/b6-3-. The van der Waals surface area contributed by atoms with E-state index >= 15 is 0 Å². The lowest BCUT2D eigenvalue weighted by Gasteiger charge is -1.99. The van der Waals surface area contributed by atoms with Crippen molar-refractivity contribution in [2.75, 3.05) is 5.32 Å². The lowest BCUT2D eigenvalue weighted by molar-refractivity contribution is -0.112. The molecule has 0 spiro atoms. The second-order valence-corrected chi connectivity index (χ2v) is 3.16. The smallest absolute Gasteiger partial charge is 0.252 e. The molecule has 1 heterocycles. The number of aromatic nitrogens is 1. The van der Waals surface area contributed by atoms with E-state index in [2.05, 4.69) is 10.3 Å². The zero-order valence-electron chi connectivity index (χ0n) is 7.00. The molecule has 0 atom stereocenters. The summed E-state index contributed by atoms with van der Waals surface area (Å²) in [5.41, 5.74) is 0.699. The fourth-order valence-electron chi connectivity index (χ4n) is 0.612. The molecule has 0 radical (unpaired) electrons. The summed E-state index contributed by atoms with van der Waals surface area (Å²) in [7, 11) is 0. The van der Waals surface area contributed by atoms with Gasteiger partial charge in [0.2, 0.25) is 0 Å². The number of hydrogen-bond donors (Lipinski definition) is 1. The Hall–Kier alpha value is -1.16. The van der Waals surface area contributed by atoms with Gasteiger partial charge in [-0.1, -0.05) is 6.08 Å². The Bertz CT molecular complexity index is 290. The number of thiazole rings is 1. The van der Waals surface area contributed by atoms with Crippen LogP contribution in [-0.2, 0) is 4.79 Å². The molecule has 0 fully saturated rings. The van der Waals surface area contributed by atoms with E-state index in [-0.39, 0.29) is 5.91 Å². The Balaban J connectivity index is 2.59. The average molecular weight is 182 g/mol. The van der Waals surface area contributed by atoms with Crippen molar-refractivity contribution in [3.8, 4) is 0 Å². The number of carbonyl (C=O) groups is 1. The van der Waals surface area contributed by atoms with E-state index in [1.807, 2.05) is 12.3 Å². The molecule has 1 rings (SSSR count). The molecule has 1 aromatic rings. The molecule has 1 N–H and O–H groups in total. The average Bonchev–Trinajstić information content (AvgIpc) is 2.55. The maximum absolute atomic E-state index is 11.2. The molecule has 0 bridgehead atoms. The highest BCUT2D eigenvalue weighted by Crippen LogP contribution is 2.11. The van der Waals surface area contributed by atoms with Gasteiger partial charge < -0.3 is 0 Å². The Morgan fingerprint density at radius 1 is 1.75 bits per heavy atom. The Morgan fingerprint density at radius 2 is 2.50 bits per heavy atom. The molecule has 0 saturated heterocycles. The molecule has 0 saturated carbocycles. The van der Waals surface area contributed by atoms with E-state index in [9.17, 15) is 4.79 Å². The number of carbonyl (C=O) groups excluding carboxylic acids is 1. The first kappa shape index (κ1) is 8.93. The molecule has 3 nitrogen and oxygen atoms in total. The van der Waals surface area contributed by atoms with E-state index < -0.39 is 0 Å². The Kier molecular flexibility index (Phi) is 2.99. The number of nitrogens with one attached hydrogen (secondary N) is 1. The van der Waals surface area contributed by atoms with E-state index in [4.69, 9.17) is 0 Å². The molecule has 12 heavy (non-hydrogen) atoms. The summed E-state index contributed by atoms with van der Waals surface area (Å²) >= 11 is 1.41. The molecule has 0 aliphatic carbocycles. The third-order valence-electron chi connectivity index (χ3n) is 1.44. The fraction of sp³-hybridized carbons (Fsp3) is 0.250. The van der Waals surface area contributed by atoms with Crippen molar-refractivity contribution < 1.29 is 4.79 Å². The number of amides is 1. The molecule has 1 aromatic heterocycles. The number of anilines is 1. The van der Waals surface area contributed by atoms with E-state index in [1.54, 1.807) is 19.2 Å². The Morgan fingerprint density at radius 3 is 3.00 bits per heavy atom. The highest BCUT2D eigenvalue weighted by atomic mass is 32.1. The van der Waals surface area contributed by atoms with Crippen LogP contribution in [0.4, 0.5) is 5.13 Å². The van der Waals surface area contributed by atoms with Crippen LogP contribution >= 0.6 is 11.3 Å². The third-order valence-corrected chi connectivity index (χ3v) is 2.13. The van der Waals surface area contributed by atoms with Gasteiger partial charge in [0.25, 0.3) is 5.91 Å². The summed E-state index contributed by atoms with van der Waals surface area (Å²) in [6, 6.07) is 0. The van der Waals surface area contributed by atoms with Gasteiger partial charge in [0.1, 0.15) is 0 Å². The largest absolute Gasteiger partial charge is 0.298 e. The quantitative estimate of drug-likeness (QED) is 0.711. The molecule has 0 unspecified atom stereocenters. The van der Waals surface area contributed by atoms with Crippen LogP contribution in [0.15, 0.2) is 23.2 Å². The van der Waals surface area contributed by atoms with Crippen molar-refractivity contribution in [1.82, 2.24) is 4.98 Å². The first-order valence-corrected chi connectivity index (χ1v) is 4.45. The summed E-state index contributed by atoms with van der Waals surface area (Å²) in [5, 5.41) is 5.13. The zero-order chi connectivity index (χ0) is 8.97. The summed E-state index contributed by atoms with van der Waals surface area (Å²) in [4.78, 5) is 15.2. The summed E-state index contributed by atoms with van der Waals surface area (Å²) in [5.74, 6) is -0.0903. The predicted molar refractivity (Wildman–Crippen MR) is 50.2 cm³/mol. The Labute approximate surface area is 75.1 Å². The fourth-order valence-corrected chi connectivity index (χ4v) is 1.14. The summed E-state index contributed by atoms with van der Waals surface area (Å²) < 4.78 is 0. The van der Waals surface area contributed by atoms with Crippen molar-refractivity contribution in [3.05, 3.63) is 23.2 Å². The normalized spacial score (nSPS) is 11.3. The van der Waals surface area contributed by atoms with Crippen molar-refractivity contribution in [1.29, 1.82) is 0 Å². The first-order chi connectivity index (χ1) is 5.74. The van der Waals surface area contributed by atoms with Crippen LogP contribution in [0.2, 0.25) is 0 Å². The van der Waals surface area contributed by atoms with Crippen LogP contribution < -0.4 is 5.32 Å². The van der Waals surface area contributed by atoms with Crippen molar-refractivity contribution in [3.63, 3.8) is 0 Å². The minimum absolute atomic E-state index is 0.0903. The van der Waals surface area contributed by atoms with Gasteiger partial charge in [-0.3, -0.25) is 10.1 Å². The maximum atomic E-state index is 11.2. The summed E-state index contributed by atoms with van der Waals surface area (Å²) in [6.07, 6.45) is 3.42. The van der Waals surface area contributed by atoms with Gasteiger partial charge in [0.15, 0.2) is 5.13 Å². The lowest BCUT2D eigenvalue weighted by atomic mass is 10.3. The molecule has 1 amide bonds. The topological polar surface area (TPSA) is 42.0 Å². The van der Waals surface area contributed by atoms with Gasteiger partial charge in [-0.25, -0.2) is 4.98 Å². The molecular weight excluding hydrogens is 172 g/mol. The molecule has 0 aromatic carbocycles. The molecular formula is C8H10N2OS. The monoisotopic (exact) mass is 182 g/mol. The van der Waals surface area contributed by atoms with Crippen LogP contribution in [0.5, 0.6) is 0 Å². The van der Waals surface area contributed by atoms with Gasteiger partial charge >= 0.3 is 0 Å². The summed E-state index contributed by atoms with van der Waals surface area (Å²) in [6.45, 7) is 3.60. The highest BCUT2D eigenvalue weighted by molar-refractivity contribution is 7.13. The van der Waals surface area contributed by atoms with Crippen molar-refractivity contribution in [2.45, 2.75) is 13.8 Å². The molecule has 64 valence electrons. The highest BCUT2D eigenvalue weighted by Gasteiger charge is 2.03. The van der Waals surface area contributed by atoms with Crippen molar-refractivity contribution >= 4 is 22.4 Å². The SMILES string of the molecule is C/C=C(/C)C(=O)Nc1nccs1. The number of rotatable bonds is 2. The predicted octanol–water partition coefficient (Wildman–Crippen LogP) is 2.05. The van der Waals surface area contributed by atoms with Crippen LogP contribution in [0.1, 0.15) is 13.8 Å². The number of hydrogen-bond acceptors (Lipinski definition) is 3. The minimum Gasteiger partial charge on any atom is -0.298 e. The van der Waals surface area contributed by atoms with Crippen LogP contribution in [0, 0.1) is 0 Å². The number of allylic oxidation sites excluding steroid dienone is 1. The first-order valence-electron chi connectivity index (χ1n) is 3.58. The van der Waals surface area contributed by atoms with Gasteiger partial charge in [-0.2, -0.15) is 0 Å².